The average molecular weight is 2190 g/mol. The molecule has 8 aliphatic heterocycles. The summed E-state index contributed by atoms with van der Waals surface area (Å²) in [7, 11) is -3.12. The topological polar surface area (TPSA) is 457 Å². The van der Waals surface area contributed by atoms with Gasteiger partial charge in [0.15, 0.2) is 17.3 Å². The van der Waals surface area contributed by atoms with Crippen LogP contribution in [0, 0.1) is 3.57 Å². The van der Waals surface area contributed by atoms with Crippen molar-refractivity contribution < 1.29 is 167 Å². The van der Waals surface area contributed by atoms with Crippen LogP contribution < -0.4 is 34.9 Å². The van der Waals surface area contributed by atoms with Crippen molar-refractivity contribution in [1.82, 2.24) is 34.7 Å². The number of piperidine rings is 5. The van der Waals surface area contributed by atoms with Crippen molar-refractivity contribution in [2.45, 2.75) is 271 Å². The number of imide groups is 2. The maximum absolute atomic E-state index is 12.7. The number of amides is 9. The quantitative estimate of drug-likeness (QED) is 0.0391. The van der Waals surface area contributed by atoms with Crippen LogP contribution in [0.15, 0.2) is 116 Å². The molecule has 0 bridgehead atoms. The number of allylic oxidation sites excluding steroid dienone is 3. The predicted molar refractivity (Wildman–Crippen MR) is 537 cm³/mol. The molecule has 142 heavy (non-hydrogen) atoms. The molecule has 37 nitrogen and oxygen atoms in total. The van der Waals surface area contributed by atoms with Crippen LogP contribution in [-0.2, 0) is 87.9 Å². The zero-order valence-corrected chi connectivity index (χ0v) is 93.6. The van der Waals surface area contributed by atoms with Crippen LogP contribution in [-0.4, -0.2) is 264 Å². The summed E-state index contributed by atoms with van der Waals surface area (Å²) in [4.78, 5) is 217. The van der Waals surface area contributed by atoms with Crippen LogP contribution in [0.2, 0.25) is 0 Å². The number of carbonyl (C=O) groups excluding carboxylic acids is 18. The normalized spacial score (nSPS) is 16.6. The summed E-state index contributed by atoms with van der Waals surface area (Å²) in [5.41, 5.74) is 3.32. The van der Waals surface area contributed by atoms with Crippen molar-refractivity contribution in [3.63, 3.8) is 0 Å². The second-order valence-corrected chi connectivity index (χ2v) is 47.8. The van der Waals surface area contributed by atoms with E-state index in [4.69, 9.17) is 79.8 Å². The van der Waals surface area contributed by atoms with Gasteiger partial charge in [0, 0.05) is 106 Å². The third-order valence-corrected chi connectivity index (χ3v) is 31.6. The first-order valence-electron chi connectivity index (χ1n) is 45.6. The molecule has 8 heterocycles. The Morgan fingerprint density at radius 2 is 0.704 bits per heavy atom. The fourth-order valence-electron chi connectivity index (χ4n) is 13.8. The maximum atomic E-state index is 12.7. The third-order valence-electron chi connectivity index (χ3n) is 19.7. The molecular weight excluding hydrogens is 2050 g/mol. The minimum atomic E-state index is -6.03. The molecule has 0 aromatic heterocycles. The van der Waals surface area contributed by atoms with Gasteiger partial charge in [-0.3, -0.25) is 57.9 Å². The molecule has 3 aromatic rings. The number of ether oxygens (including phenoxy) is 5. The number of ketones is 5. The minimum absolute atomic E-state index is 0. The summed E-state index contributed by atoms with van der Waals surface area (Å²) in [6.07, 6.45) is 6.18. The molecule has 44 heteroatoms. The van der Waals surface area contributed by atoms with E-state index in [0.29, 0.717) is 167 Å². The van der Waals surface area contributed by atoms with Gasteiger partial charge in [0.1, 0.15) is 45.7 Å². The van der Waals surface area contributed by atoms with Gasteiger partial charge in [0.2, 0.25) is 0 Å². The fraction of sp³-hybridized carbons (Fsp3) is 0.551. The third kappa shape index (κ3) is 42.2. The second kappa shape index (κ2) is 56.7. The monoisotopic (exact) mass is 2190 g/mol. The Hall–Kier alpha value is -9.71. The van der Waals surface area contributed by atoms with E-state index in [1.165, 1.54) is 43.9 Å². The van der Waals surface area contributed by atoms with E-state index in [9.17, 15) is 90.9 Å². The Morgan fingerprint density at radius 3 is 0.979 bits per heavy atom. The van der Waals surface area contributed by atoms with Crippen molar-refractivity contribution >= 4 is 176 Å². The molecule has 8 aliphatic rings. The number of likely N-dealkylation sites (tertiary alicyclic amines) is 5. The number of carbonyl (C=O) groups is 18. The van der Waals surface area contributed by atoms with E-state index in [1.807, 2.05) is 104 Å². The van der Waals surface area contributed by atoms with Gasteiger partial charge in [-0.2, -0.15) is 0 Å². The number of Topliss-reactive ketones (excluding diaryl/α,β-unsaturated/α-hetero) is 4. The molecule has 0 spiro atoms. The summed E-state index contributed by atoms with van der Waals surface area (Å²) in [6.45, 7) is 47.7. The number of fused-ring (bicyclic) bond motifs is 3. The molecule has 9 amide bonds. The first-order valence-corrected chi connectivity index (χ1v) is 53.0. The van der Waals surface area contributed by atoms with E-state index in [2.05, 4.69) is 5.32 Å². The van der Waals surface area contributed by atoms with Crippen LogP contribution in [0.4, 0.5) is 24.0 Å². The first kappa shape index (κ1) is 128. The van der Waals surface area contributed by atoms with Crippen LogP contribution >= 0.6 is 61.1 Å². The summed E-state index contributed by atoms with van der Waals surface area (Å²) in [5.74, 6) is -4.99. The van der Waals surface area contributed by atoms with Gasteiger partial charge in [-0.05, 0) is 231 Å². The van der Waals surface area contributed by atoms with E-state index in [1.54, 1.807) is 113 Å². The number of benzene rings is 3. The summed E-state index contributed by atoms with van der Waals surface area (Å²) < 4.78 is 68.3. The van der Waals surface area contributed by atoms with Crippen molar-refractivity contribution in [3.05, 3.63) is 148 Å². The molecule has 5 saturated heterocycles. The zero-order valence-electron chi connectivity index (χ0n) is 87.3. The van der Waals surface area contributed by atoms with E-state index in [0.717, 1.165) is 55.9 Å². The molecular formula is C98H137BCl3IN7NaO30P. The Morgan fingerprint density at radius 1 is 0.430 bits per heavy atom. The minimum Gasteiger partial charge on any atom is -1.00 e. The van der Waals surface area contributed by atoms with E-state index >= 15 is 0 Å². The van der Waals surface area contributed by atoms with Crippen molar-refractivity contribution in [3.8, 4) is 0 Å². The van der Waals surface area contributed by atoms with Crippen LogP contribution in [0.3, 0.4) is 0 Å². The molecule has 5 fully saturated rings. The zero-order chi connectivity index (χ0) is 106. The van der Waals surface area contributed by atoms with Crippen LogP contribution in [0.5, 0.6) is 0 Å². The second-order valence-electron chi connectivity index (χ2n) is 37.8. The van der Waals surface area contributed by atoms with Crippen molar-refractivity contribution in [1.29, 1.82) is 0 Å². The molecule has 3 radical (unpaired) electrons. The standard InChI is InChI=1S/C21H25ClN2O4.2C13H20ClNO3.C13H13IO8.C13H21NO3.C10H17NO3.C8H5NO2.C7H15O4P.B.Na.H/c1-13(24-18(25)15-7-5-6-8-16(15)19(24)26)17(22)14-9-11-23(12-10-14)20(27)28-21(2,3)4;2*1-9(16)11(14)10-5-7-15(8-6-10)12(17)18-13(2,3)4;1-8(15)19-14(20-9(2)16,21-10(3)17)12-7-5-4-6-11(12)13(18)22-14;1-10(15)9-11-5-7-14(8-6-11)12(16)17-13(2,3)4;1-10(2,3)14-9(13)11-6-4-8(12)5-7-11;10-7-5-3-1-2-4-6(5)8(11)9-7;1-4-10-12(9,11-5-2)6-7(3)8;;;/h5-8,13H,9-12H2,1-4H3;2*5-8H2,1-4H3;4-7H,1-3H3;9H,5-8H2,1-4H3;4-7H2,1-3H3;1-4H,(H,9,10,11);4-6H2,1-3H3;;;/q;;;;;;;;;+1;-1. The summed E-state index contributed by atoms with van der Waals surface area (Å²) in [6, 6.07) is 18.8. The molecule has 3 aromatic carbocycles. The molecule has 781 valence electrons. The van der Waals surface area contributed by atoms with Gasteiger partial charge in [0.05, 0.1) is 51.6 Å². The predicted octanol–water partition coefficient (Wildman–Crippen LogP) is 15.6. The SMILES string of the molecule is CC(=O)C(Cl)=C1CCN(C(=O)OC(C)(C)C)CC1.CC(=O)C(Cl)=C1CCN(C(=O)OC(C)(C)C)CC1.CC(=O)C=C1CCN(C(=O)OC(C)(C)C)CC1.CC(=O)OI1(OC(C)=O)(OC(C)=O)OC(=O)c2ccccc21.CC(C(Cl)=C1CCN(C(=O)OC(C)(C)C)CC1)N1C(=O)c2ccccc2C1=O.CC(C)(C)OC(=O)N1CCC(=O)CC1.CCOP(=O)(CC(C)=O)OCC.O=C1NC(=O)c2ccccc21.[B].[H-].[Na+]. The van der Waals surface area contributed by atoms with Gasteiger partial charge in [0.25, 0.3) is 23.6 Å². The molecule has 1 unspecified atom stereocenters. The molecule has 1 atom stereocenters. The number of hydrogen-bond donors (Lipinski definition) is 1. The number of halogens is 4. The fourth-order valence-corrected chi connectivity index (χ4v) is 23.8. The number of nitrogens with one attached hydrogen (secondary N) is 1. The van der Waals surface area contributed by atoms with Crippen LogP contribution in [0.1, 0.15) is 291 Å². The Labute approximate surface area is 875 Å². The van der Waals surface area contributed by atoms with E-state index in [-0.39, 0.29) is 138 Å². The smallest absolute Gasteiger partial charge is 1.00 e. The Bertz CT molecular complexity index is 5070. The van der Waals surface area contributed by atoms with Gasteiger partial charge in [-0.1, -0.05) is 70.2 Å². The van der Waals surface area contributed by atoms with Crippen molar-refractivity contribution in [2.24, 2.45) is 0 Å². The number of rotatable bonds is 14. The first-order chi connectivity index (χ1) is 64.7. The molecule has 0 saturated carbocycles. The largest absolute Gasteiger partial charge is 1.00 e. The number of hydrogen-bond acceptors (Lipinski definition) is 30. The average Bonchev–Trinajstić information content (AvgIpc) is 1.54. The molecule has 1 N–H and O–H groups in total. The number of nitrogens with zero attached hydrogens (tertiary/aromatic N) is 6. The van der Waals surface area contributed by atoms with Gasteiger partial charge >= 0.3 is 196 Å². The Kier molecular flexibility index (Phi) is 51.2. The van der Waals surface area contributed by atoms with Gasteiger partial charge in [-0.15, -0.1) is 0 Å². The summed E-state index contributed by atoms with van der Waals surface area (Å²) in [5, 5.41) is 3.34. The van der Waals surface area contributed by atoms with E-state index < -0.39 is 84.2 Å². The van der Waals surface area contributed by atoms with Gasteiger partial charge in [-0.25, -0.2) is 24.0 Å². The molecule has 11 rings (SSSR count). The van der Waals surface area contributed by atoms with Crippen molar-refractivity contribution in [2.75, 3.05) is 84.8 Å². The van der Waals surface area contributed by atoms with Crippen LogP contribution in [0.25, 0.3) is 0 Å². The maximum Gasteiger partial charge on any atom is 1.00 e. The molecule has 0 aliphatic carbocycles. The summed E-state index contributed by atoms with van der Waals surface area (Å²) >= 11 is 12.4. The Balaban J connectivity index is 0.000000827. The van der Waals surface area contributed by atoms with Gasteiger partial charge < -0.3 is 58.7 Å².